The molecule has 4 aromatic carbocycles. The van der Waals surface area contributed by atoms with E-state index in [4.69, 9.17) is 9.15 Å². The predicted molar refractivity (Wildman–Crippen MR) is 132 cm³/mol. The molecule has 0 unspecified atom stereocenters. The third-order valence-electron chi connectivity index (χ3n) is 5.34. The van der Waals surface area contributed by atoms with Crippen LogP contribution in [0.15, 0.2) is 101 Å². The third kappa shape index (κ3) is 4.72. The summed E-state index contributed by atoms with van der Waals surface area (Å²) in [5, 5.41) is 13.9. The first-order valence-electron chi connectivity index (χ1n) is 10.8. The third-order valence-corrected chi connectivity index (χ3v) is 5.34. The van der Waals surface area contributed by atoms with Gasteiger partial charge in [0.2, 0.25) is 5.89 Å². The fourth-order valence-electron chi connectivity index (χ4n) is 3.70. The standard InChI is InChI=1S/C27H19N3O5/c31-26(17-34-24-13-7-5-10-20(24)18-8-2-1-3-9-18)28-22-12-6-4-11-21(22)27-29-23-16-19(30(32)33)14-15-25(23)35-27/h1-16H,17H2,(H,28,31). The minimum absolute atomic E-state index is 0.0770. The molecule has 8 nitrogen and oxygen atoms in total. The molecule has 0 aliphatic rings. The lowest BCUT2D eigenvalue weighted by molar-refractivity contribution is -0.384. The molecule has 1 N–H and O–H groups in total. The molecular weight excluding hydrogens is 446 g/mol. The number of nitro benzene ring substituents is 1. The maximum atomic E-state index is 12.7. The van der Waals surface area contributed by atoms with E-state index in [1.165, 1.54) is 18.2 Å². The van der Waals surface area contributed by atoms with Crippen LogP contribution >= 0.6 is 0 Å². The van der Waals surface area contributed by atoms with E-state index in [-0.39, 0.29) is 24.1 Å². The molecule has 0 atom stereocenters. The minimum atomic E-state index is -0.488. The summed E-state index contributed by atoms with van der Waals surface area (Å²) >= 11 is 0. The first kappa shape index (κ1) is 21.8. The summed E-state index contributed by atoms with van der Waals surface area (Å²) in [6.45, 7) is -0.196. The average Bonchev–Trinajstić information content (AvgIpc) is 3.32. The molecule has 0 radical (unpaired) electrons. The highest BCUT2D eigenvalue weighted by molar-refractivity contribution is 5.96. The molecule has 0 aliphatic carbocycles. The van der Waals surface area contributed by atoms with Gasteiger partial charge in [0, 0.05) is 17.7 Å². The maximum absolute atomic E-state index is 12.7. The Morgan fingerprint density at radius 2 is 1.63 bits per heavy atom. The van der Waals surface area contributed by atoms with Crippen molar-refractivity contribution in [2.24, 2.45) is 0 Å². The molecule has 0 aliphatic heterocycles. The van der Waals surface area contributed by atoms with Crippen LogP contribution in [0.25, 0.3) is 33.7 Å². The number of carbonyl (C=O) groups excluding carboxylic acids is 1. The molecule has 1 heterocycles. The van der Waals surface area contributed by atoms with E-state index in [0.29, 0.717) is 28.1 Å². The van der Waals surface area contributed by atoms with Crippen molar-refractivity contribution < 1.29 is 18.9 Å². The van der Waals surface area contributed by atoms with Crippen LogP contribution in [-0.4, -0.2) is 22.4 Å². The molecule has 1 aromatic heterocycles. The molecule has 35 heavy (non-hydrogen) atoms. The summed E-state index contributed by atoms with van der Waals surface area (Å²) in [6, 6.07) is 28.6. The second kappa shape index (κ2) is 9.48. The Morgan fingerprint density at radius 3 is 2.43 bits per heavy atom. The number of anilines is 1. The van der Waals surface area contributed by atoms with E-state index < -0.39 is 4.92 Å². The SMILES string of the molecule is O=C(COc1ccccc1-c1ccccc1)Nc1ccccc1-c1nc2cc([N+](=O)[O-])ccc2o1. The molecule has 0 spiro atoms. The average molecular weight is 465 g/mol. The number of nitrogens with zero attached hydrogens (tertiary/aromatic N) is 2. The second-order valence-electron chi connectivity index (χ2n) is 7.67. The number of hydrogen-bond acceptors (Lipinski definition) is 6. The van der Waals surface area contributed by atoms with Crippen LogP contribution in [0.3, 0.4) is 0 Å². The summed E-state index contributed by atoms with van der Waals surface area (Å²) in [4.78, 5) is 27.7. The van der Waals surface area contributed by atoms with Gasteiger partial charge in [-0.15, -0.1) is 0 Å². The number of carbonyl (C=O) groups is 1. The number of rotatable bonds is 7. The van der Waals surface area contributed by atoms with Gasteiger partial charge in [-0.2, -0.15) is 0 Å². The molecule has 5 rings (SSSR count). The number of aromatic nitrogens is 1. The van der Waals surface area contributed by atoms with Gasteiger partial charge in [-0.3, -0.25) is 14.9 Å². The first-order valence-corrected chi connectivity index (χ1v) is 10.8. The predicted octanol–water partition coefficient (Wildman–Crippen LogP) is 6.09. The largest absolute Gasteiger partial charge is 0.483 e. The number of nitro groups is 1. The van der Waals surface area contributed by atoms with Gasteiger partial charge in [-0.25, -0.2) is 4.98 Å². The molecule has 1 amide bonds. The lowest BCUT2D eigenvalue weighted by Gasteiger charge is -2.13. The highest BCUT2D eigenvalue weighted by Gasteiger charge is 2.17. The van der Waals surface area contributed by atoms with Gasteiger partial charge in [-0.05, 0) is 29.8 Å². The van der Waals surface area contributed by atoms with Gasteiger partial charge < -0.3 is 14.5 Å². The molecule has 0 fully saturated rings. The number of ether oxygens (including phenoxy) is 1. The lowest BCUT2D eigenvalue weighted by atomic mass is 10.1. The van der Waals surface area contributed by atoms with Crippen molar-refractivity contribution in [1.82, 2.24) is 4.98 Å². The maximum Gasteiger partial charge on any atom is 0.271 e. The molecule has 0 saturated heterocycles. The van der Waals surface area contributed by atoms with Crippen LogP contribution in [0.1, 0.15) is 0 Å². The Balaban J connectivity index is 1.34. The van der Waals surface area contributed by atoms with Gasteiger partial charge in [-0.1, -0.05) is 60.7 Å². The zero-order chi connectivity index (χ0) is 24.2. The van der Waals surface area contributed by atoms with E-state index in [2.05, 4.69) is 10.3 Å². The zero-order valence-corrected chi connectivity index (χ0v) is 18.4. The summed E-state index contributed by atoms with van der Waals surface area (Å²) in [5.74, 6) is 0.487. The number of oxazole rings is 1. The van der Waals surface area contributed by atoms with Crippen LogP contribution in [0, 0.1) is 10.1 Å². The van der Waals surface area contributed by atoms with Crippen LogP contribution in [-0.2, 0) is 4.79 Å². The Kier molecular flexibility index (Phi) is 5.92. The van der Waals surface area contributed by atoms with Crippen molar-refractivity contribution in [2.45, 2.75) is 0 Å². The molecule has 0 saturated carbocycles. The highest BCUT2D eigenvalue weighted by Crippen LogP contribution is 2.32. The van der Waals surface area contributed by atoms with E-state index in [0.717, 1.165) is 11.1 Å². The highest BCUT2D eigenvalue weighted by atomic mass is 16.6. The number of hydrogen-bond donors (Lipinski definition) is 1. The van der Waals surface area contributed by atoms with Gasteiger partial charge in [0.25, 0.3) is 11.6 Å². The smallest absolute Gasteiger partial charge is 0.271 e. The first-order chi connectivity index (χ1) is 17.1. The normalized spacial score (nSPS) is 10.7. The van der Waals surface area contributed by atoms with Crippen molar-refractivity contribution in [2.75, 3.05) is 11.9 Å². The van der Waals surface area contributed by atoms with E-state index in [9.17, 15) is 14.9 Å². The fourth-order valence-corrected chi connectivity index (χ4v) is 3.70. The second-order valence-corrected chi connectivity index (χ2v) is 7.67. The van der Waals surface area contributed by atoms with Crippen LogP contribution < -0.4 is 10.1 Å². The van der Waals surface area contributed by atoms with E-state index in [1.807, 2.05) is 54.6 Å². The molecule has 8 heteroatoms. The number of para-hydroxylation sites is 2. The van der Waals surface area contributed by atoms with Crippen molar-refractivity contribution in [3.05, 3.63) is 107 Å². The number of amides is 1. The van der Waals surface area contributed by atoms with Gasteiger partial charge in [0.15, 0.2) is 12.2 Å². The van der Waals surface area contributed by atoms with E-state index >= 15 is 0 Å². The number of nitrogens with one attached hydrogen (secondary N) is 1. The number of non-ortho nitro benzene ring substituents is 1. The topological polar surface area (TPSA) is 108 Å². The van der Waals surface area contributed by atoms with Crippen LogP contribution in [0.2, 0.25) is 0 Å². The number of benzene rings is 4. The van der Waals surface area contributed by atoms with Crippen molar-refractivity contribution in [3.63, 3.8) is 0 Å². The van der Waals surface area contributed by atoms with Crippen molar-refractivity contribution in [3.8, 4) is 28.3 Å². The Hall–Kier alpha value is -4.98. The molecule has 0 bridgehead atoms. The van der Waals surface area contributed by atoms with Crippen LogP contribution in [0.4, 0.5) is 11.4 Å². The quantitative estimate of drug-likeness (QED) is 0.230. The molecule has 5 aromatic rings. The van der Waals surface area contributed by atoms with Gasteiger partial charge >= 0.3 is 0 Å². The van der Waals surface area contributed by atoms with Gasteiger partial charge in [0.05, 0.1) is 16.2 Å². The Morgan fingerprint density at radius 1 is 0.914 bits per heavy atom. The van der Waals surface area contributed by atoms with E-state index in [1.54, 1.807) is 24.3 Å². The summed E-state index contributed by atoms with van der Waals surface area (Å²) in [5.41, 5.74) is 3.60. The molecule has 172 valence electrons. The minimum Gasteiger partial charge on any atom is -0.483 e. The summed E-state index contributed by atoms with van der Waals surface area (Å²) < 4.78 is 11.6. The summed E-state index contributed by atoms with van der Waals surface area (Å²) in [7, 11) is 0. The molecular formula is C27H19N3O5. The monoisotopic (exact) mass is 465 g/mol. The van der Waals surface area contributed by atoms with Crippen molar-refractivity contribution in [1.29, 1.82) is 0 Å². The Bertz CT molecular complexity index is 1530. The van der Waals surface area contributed by atoms with Crippen LogP contribution in [0.5, 0.6) is 5.75 Å². The van der Waals surface area contributed by atoms with Gasteiger partial charge in [0.1, 0.15) is 11.3 Å². The Labute approximate surface area is 200 Å². The zero-order valence-electron chi connectivity index (χ0n) is 18.4. The fraction of sp³-hybridized carbons (Fsp3) is 0.0370. The van der Waals surface area contributed by atoms with Crippen molar-refractivity contribution >= 4 is 28.4 Å². The lowest BCUT2D eigenvalue weighted by Crippen LogP contribution is -2.20. The number of fused-ring (bicyclic) bond motifs is 1. The summed E-state index contributed by atoms with van der Waals surface area (Å²) in [6.07, 6.45) is 0.